The summed E-state index contributed by atoms with van der Waals surface area (Å²) in [7, 11) is 0. The third-order valence-corrected chi connectivity index (χ3v) is 5.23. The molecule has 0 saturated carbocycles. The lowest BCUT2D eigenvalue weighted by Crippen LogP contribution is -2.38. The molecule has 2 rings (SSSR count). The average molecular weight is 331 g/mol. The van der Waals surface area contributed by atoms with Gasteiger partial charge in [0.25, 0.3) is 0 Å². The molecule has 1 radical (unpaired) electrons. The van der Waals surface area contributed by atoms with Crippen LogP contribution in [0.1, 0.15) is 57.9 Å². The van der Waals surface area contributed by atoms with Crippen LogP contribution in [-0.2, 0) is 6.42 Å². The molecule has 0 aliphatic carbocycles. The lowest BCUT2D eigenvalue weighted by atomic mass is 9.92. The molecule has 1 heterocycles. The van der Waals surface area contributed by atoms with Gasteiger partial charge in [-0.2, -0.15) is 4.90 Å². The number of rotatable bonds is 11. The van der Waals surface area contributed by atoms with E-state index in [0.717, 1.165) is 11.8 Å². The number of benzene rings is 1. The summed E-state index contributed by atoms with van der Waals surface area (Å²) in [6.45, 7) is 10.9. The summed E-state index contributed by atoms with van der Waals surface area (Å²) < 4.78 is 0. The molecule has 24 heavy (non-hydrogen) atoms. The second-order valence-electron chi connectivity index (χ2n) is 7.99. The van der Waals surface area contributed by atoms with Crippen LogP contribution in [0.4, 0.5) is 0 Å². The summed E-state index contributed by atoms with van der Waals surface area (Å²) >= 11 is 0. The predicted molar refractivity (Wildman–Crippen MR) is 106 cm³/mol. The second kappa shape index (κ2) is 11.7. The van der Waals surface area contributed by atoms with Crippen molar-refractivity contribution in [2.75, 3.05) is 32.7 Å². The van der Waals surface area contributed by atoms with E-state index in [2.05, 4.69) is 54.4 Å². The van der Waals surface area contributed by atoms with Gasteiger partial charge in [-0.15, -0.1) is 0 Å². The standard InChI is InChI=1S/C22H38N2/c1-20(2)12-13-22(18-21-10-5-3-6-11-21)19-23-14-9-17-24-15-7-4-8-16-24/h3,5-6,10-11,20,22-23H,4,7-9,12-19H2,1-2H3/q+1. The van der Waals surface area contributed by atoms with Crippen molar-refractivity contribution in [2.24, 2.45) is 11.8 Å². The highest BCUT2D eigenvalue weighted by atomic mass is 15.1. The maximum Gasteiger partial charge on any atom is 0.124 e. The minimum atomic E-state index is 0.768. The SMILES string of the molecule is CC(C)CCC(CNCCC[N+]1CCCCC1)Cc1ccccc1. The van der Waals surface area contributed by atoms with Crippen molar-refractivity contribution in [1.29, 1.82) is 0 Å². The van der Waals surface area contributed by atoms with E-state index in [0.29, 0.717) is 0 Å². The zero-order valence-electron chi connectivity index (χ0n) is 16.0. The Morgan fingerprint density at radius 3 is 2.46 bits per heavy atom. The average Bonchev–Trinajstić information content (AvgIpc) is 2.61. The van der Waals surface area contributed by atoms with E-state index in [1.54, 1.807) is 0 Å². The number of nitrogens with zero attached hydrogens (tertiary/aromatic N) is 1. The van der Waals surface area contributed by atoms with Gasteiger partial charge in [0.05, 0.1) is 0 Å². The molecule has 2 nitrogen and oxygen atoms in total. The van der Waals surface area contributed by atoms with E-state index < -0.39 is 0 Å². The maximum absolute atomic E-state index is 3.74. The summed E-state index contributed by atoms with van der Waals surface area (Å²) in [5.74, 6) is 1.58. The second-order valence-corrected chi connectivity index (χ2v) is 7.99. The largest absolute Gasteiger partial charge is 0.316 e. The lowest BCUT2D eigenvalue weighted by molar-refractivity contribution is 0.332. The fourth-order valence-corrected chi connectivity index (χ4v) is 3.71. The third kappa shape index (κ3) is 8.30. The van der Waals surface area contributed by atoms with E-state index in [1.807, 2.05) is 0 Å². The van der Waals surface area contributed by atoms with E-state index >= 15 is 0 Å². The smallest absolute Gasteiger partial charge is 0.124 e. The van der Waals surface area contributed by atoms with Crippen molar-refractivity contribution in [2.45, 2.75) is 58.8 Å². The third-order valence-electron chi connectivity index (χ3n) is 5.23. The lowest BCUT2D eigenvalue weighted by Gasteiger charge is -2.20. The summed E-state index contributed by atoms with van der Waals surface area (Å²) in [5.41, 5.74) is 1.49. The Labute approximate surface area is 150 Å². The Morgan fingerprint density at radius 1 is 1.00 bits per heavy atom. The van der Waals surface area contributed by atoms with Crippen LogP contribution in [0.3, 0.4) is 0 Å². The van der Waals surface area contributed by atoms with Crippen LogP contribution in [0.2, 0.25) is 0 Å². The first-order valence-electron chi connectivity index (χ1n) is 10.2. The summed E-state index contributed by atoms with van der Waals surface area (Å²) in [6.07, 6.45) is 9.43. The van der Waals surface area contributed by atoms with Crippen LogP contribution >= 0.6 is 0 Å². The molecule has 1 fully saturated rings. The van der Waals surface area contributed by atoms with Crippen molar-refractivity contribution >= 4 is 0 Å². The maximum atomic E-state index is 3.74. The van der Waals surface area contributed by atoms with Crippen molar-refractivity contribution < 1.29 is 0 Å². The van der Waals surface area contributed by atoms with Crippen molar-refractivity contribution in [3.63, 3.8) is 0 Å². The number of hydrogen-bond donors (Lipinski definition) is 1. The van der Waals surface area contributed by atoms with Gasteiger partial charge in [-0.05, 0) is 43.2 Å². The molecule has 1 aliphatic rings. The normalized spacial score (nSPS) is 17.3. The van der Waals surface area contributed by atoms with Crippen molar-refractivity contribution in [1.82, 2.24) is 10.2 Å². The summed E-state index contributed by atoms with van der Waals surface area (Å²) in [4.78, 5) is 2.64. The van der Waals surface area contributed by atoms with Gasteiger partial charge in [0.15, 0.2) is 0 Å². The van der Waals surface area contributed by atoms with Crippen LogP contribution in [-0.4, -0.2) is 32.7 Å². The van der Waals surface area contributed by atoms with Gasteiger partial charge < -0.3 is 5.32 Å². The molecule has 1 aliphatic heterocycles. The van der Waals surface area contributed by atoms with E-state index in [4.69, 9.17) is 0 Å². The number of likely N-dealkylation sites (tertiary alicyclic amines) is 1. The van der Waals surface area contributed by atoms with E-state index in [1.165, 1.54) is 83.2 Å². The van der Waals surface area contributed by atoms with Gasteiger partial charge in [-0.1, -0.05) is 50.6 Å². The zero-order valence-corrected chi connectivity index (χ0v) is 16.0. The van der Waals surface area contributed by atoms with Crippen LogP contribution in [0.5, 0.6) is 0 Å². The molecule has 1 saturated heterocycles. The highest BCUT2D eigenvalue weighted by Gasteiger charge is 2.18. The van der Waals surface area contributed by atoms with Gasteiger partial charge >= 0.3 is 0 Å². The monoisotopic (exact) mass is 330 g/mol. The van der Waals surface area contributed by atoms with Crippen molar-refractivity contribution in [3.8, 4) is 0 Å². The minimum absolute atomic E-state index is 0.768. The first-order valence-corrected chi connectivity index (χ1v) is 10.2. The van der Waals surface area contributed by atoms with Gasteiger partial charge in [-0.25, -0.2) is 0 Å². The highest BCUT2D eigenvalue weighted by Crippen LogP contribution is 2.17. The van der Waals surface area contributed by atoms with Gasteiger partial charge in [0.2, 0.25) is 0 Å². The topological polar surface area (TPSA) is 17.9 Å². The molecule has 0 spiro atoms. The number of piperidine rings is 1. The Kier molecular flexibility index (Phi) is 9.45. The van der Waals surface area contributed by atoms with Gasteiger partial charge in [-0.3, -0.25) is 0 Å². The van der Waals surface area contributed by atoms with Crippen molar-refractivity contribution in [3.05, 3.63) is 35.9 Å². The fourth-order valence-electron chi connectivity index (χ4n) is 3.71. The Balaban J connectivity index is 1.65. The molecule has 1 unspecified atom stereocenters. The Bertz CT molecular complexity index is 409. The quantitative estimate of drug-likeness (QED) is 0.464. The molecule has 2 heteroatoms. The summed E-state index contributed by atoms with van der Waals surface area (Å²) in [5, 5.41) is 3.74. The van der Waals surface area contributed by atoms with Gasteiger partial charge in [0.1, 0.15) is 19.6 Å². The fraction of sp³-hybridized carbons (Fsp3) is 0.727. The molecule has 1 N–H and O–H groups in total. The first kappa shape index (κ1) is 19.5. The molecule has 1 aromatic rings. The highest BCUT2D eigenvalue weighted by molar-refractivity contribution is 5.15. The minimum Gasteiger partial charge on any atom is -0.316 e. The predicted octanol–water partition coefficient (Wildman–Crippen LogP) is 4.59. The zero-order chi connectivity index (χ0) is 17.0. The molecular formula is C22H38N2+. The van der Waals surface area contributed by atoms with E-state index in [9.17, 15) is 0 Å². The van der Waals surface area contributed by atoms with Crippen LogP contribution in [0, 0.1) is 11.8 Å². The van der Waals surface area contributed by atoms with Gasteiger partial charge in [0, 0.05) is 25.8 Å². The molecule has 0 bridgehead atoms. The molecule has 1 aromatic carbocycles. The molecule has 0 aromatic heterocycles. The van der Waals surface area contributed by atoms with Crippen LogP contribution in [0.15, 0.2) is 30.3 Å². The number of hydrogen-bond acceptors (Lipinski definition) is 2. The molecular weight excluding hydrogens is 292 g/mol. The summed E-state index contributed by atoms with van der Waals surface area (Å²) in [6, 6.07) is 11.0. The number of nitrogens with one attached hydrogen (secondary N) is 1. The van der Waals surface area contributed by atoms with Crippen LogP contribution < -0.4 is 10.2 Å². The Morgan fingerprint density at radius 2 is 1.75 bits per heavy atom. The molecule has 0 amide bonds. The molecule has 1 atom stereocenters. The van der Waals surface area contributed by atoms with E-state index in [-0.39, 0.29) is 0 Å². The Hall–Kier alpha value is -0.860. The van der Waals surface area contributed by atoms with Crippen LogP contribution in [0.25, 0.3) is 0 Å². The molecule has 135 valence electrons. The first-order chi connectivity index (χ1) is 11.7.